The second-order valence-corrected chi connectivity index (χ2v) is 21.7. The van der Waals surface area contributed by atoms with Crippen LogP contribution in [0.15, 0.2) is 45.6 Å². The normalized spacial score (nSPS) is 24.1. The molecule has 1 spiro atoms. The lowest BCUT2D eigenvalue weighted by molar-refractivity contribution is -0.154. The molecule has 2 aliphatic heterocycles. The lowest BCUT2D eigenvalue weighted by Gasteiger charge is -2.39. The monoisotopic (exact) mass is 1140 g/mol. The molecule has 6 aliphatic rings. The molecule has 0 aromatic carbocycles. The van der Waals surface area contributed by atoms with Crippen LogP contribution in [0.5, 0.6) is 0 Å². The first-order chi connectivity index (χ1) is 38.3. The smallest absolute Gasteiger partial charge is 0.328 e. The van der Waals surface area contributed by atoms with Gasteiger partial charge in [-0.15, -0.1) is 0 Å². The number of Topliss-reactive ketones (excluding diaryl/α,β-unsaturated/α-hetero) is 1. The van der Waals surface area contributed by atoms with Gasteiger partial charge in [0.25, 0.3) is 0 Å². The van der Waals surface area contributed by atoms with Crippen LogP contribution in [0.25, 0.3) is 0 Å². The summed E-state index contributed by atoms with van der Waals surface area (Å²) in [6.07, 6.45) is 6.18. The summed E-state index contributed by atoms with van der Waals surface area (Å²) in [4.78, 5) is 149. The predicted molar refractivity (Wildman–Crippen MR) is 282 cm³/mol. The van der Waals surface area contributed by atoms with Gasteiger partial charge in [0, 0.05) is 43.8 Å². The van der Waals surface area contributed by atoms with Crippen LogP contribution in [-0.4, -0.2) is 212 Å². The van der Waals surface area contributed by atoms with Crippen molar-refractivity contribution in [2.45, 2.75) is 171 Å². The first kappa shape index (κ1) is 63.3. The highest BCUT2D eigenvalue weighted by Crippen LogP contribution is 2.65. The van der Waals surface area contributed by atoms with Crippen LogP contribution in [0.3, 0.4) is 0 Å². The highest BCUT2D eigenvalue weighted by atomic mass is 16.5. The molecule has 1 saturated carbocycles. The Morgan fingerprint density at radius 3 is 1.91 bits per heavy atom. The van der Waals surface area contributed by atoms with Gasteiger partial charge in [0.05, 0.1) is 39.1 Å². The van der Waals surface area contributed by atoms with Crippen LogP contribution >= 0.6 is 0 Å². The second-order valence-electron chi connectivity index (χ2n) is 21.7. The Bertz CT molecular complexity index is 2640. The number of hydrogen-bond acceptors (Lipinski definition) is 18. The molecule has 6 rings (SSSR count). The number of allylic oxidation sites excluding steroid dienone is 5. The molecule has 0 aromatic rings. The first-order valence-corrected chi connectivity index (χ1v) is 27.4. The molecule has 9 amide bonds. The van der Waals surface area contributed by atoms with E-state index in [1.807, 2.05) is 13.8 Å². The number of ether oxygens (including phenoxy) is 1. The Balaban J connectivity index is 1.05. The van der Waals surface area contributed by atoms with Crippen molar-refractivity contribution >= 4 is 64.9 Å². The third-order valence-corrected chi connectivity index (χ3v) is 16.3. The first-order valence-electron chi connectivity index (χ1n) is 27.4. The van der Waals surface area contributed by atoms with E-state index in [0.29, 0.717) is 56.1 Å². The standard InChI is InChI=1S/C54H77N9O18/c1-27-20-33-42(28(2)54(16-17-54)53(4,80)44(33)71)32(27)12-9-19-81-52(79)39-13-8-18-62(39)51(78)38(26-67)60-47(74)35(23-64)57-45(72)34(14-15-41(55)70)56-50(77)43(30-10-6-5-7-11-30)61-48(75)37(25-66)58-46(73)36(24-65)59-49(76)40-21-31(69)22-63(40)29(3)68/h10,20,31,34-40,43,64-67,69,80H,5-9,11-19,21-26H2,1-4H3,(H2,55,70)(H,56,77)(H,57,72)(H,58,73)(H,59,76)(H,60,74)(H,61,75)/t31-,34+,35+,36+,37+,38+,39+,40+,43+,53+/m1/s1. The molecule has 2 saturated heterocycles. The molecule has 81 heavy (non-hydrogen) atoms. The number of aliphatic hydroxyl groups is 6. The van der Waals surface area contributed by atoms with Crippen LogP contribution in [0.4, 0.5) is 0 Å². The minimum absolute atomic E-state index is 0.0298. The van der Waals surface area contributed by atoms with E-state index in [1.54, 1.807) is 19.1 Å². The van der Waals surface area contributed by atoms with Gasteiger partial charge in [-0.25, -0.2) is 4.79 Å². The number of nitrogens with one attached hydrogen (secondary N) is 6. The summed E-state index contributed by atoms with van der Waals surface area (Å²) >= 11 is 0. The third-order valence-electron chi connectivity index (χ3n) is 16.3. The number of nitrogens with two attached hydrogens (primary N) is 1. The fraction of sp³-hybridized carbons (Fsp3) is 0.648. The van der Waals surface area contributed by atoms with Gasteiger partial charge in [-0.2, -0.15) is 0 Å². The molecule has 2 heterocycles. The summed E-state index contributed by atoms with van der Waals surface area (Å²) < 4.78 is 5.63. The molecule has 27 heteroatoms. The lowest BCUT2D eigenvalue weighted by atomic mass is 9.67. The fourth-order valence-corrected chi connectivity index (χ4v) is 11.5. The molecule has 4 aliphatic carbocycles. The Kier molecular flexibility index (Phi) is 21.3. The highest BCUT2D eigenvalue weighted by Gasteiger charge is 2.65. The zero-order chi connectivity index (χ0) is 59.7. The average molecular weight is 1140 g/mol. The van der Waals surface area contributed by atoms with Crippen molar-refractivity contribution in [1.29, 1.82) is 0 Å². The van der Waals surface area contributed by atoms with Crippen LogP contribution in [-0.2, 0) is 57.5 Å². The van der Waals surface area contributed by atoms with Crippen molar-refractivity contribution in [2.75, 3.05) is 46.1 Å². The molecular weight excluding hydrogens is 1060 g/mol. The van der Waals surface area contributed by atoms with Crippen LogP contribution in [0, 0.1) is 5.41 Å². The molecule has 446 valence electrons. The van der Waals surface area contributed by atoms with E-state index in [9.17, 15) is 83.4 Å². The number of esters is 1. The fourth-order valence-electron chi connectivity index (χ4n) is 11.5. The highest BCUT2D eigenvalue weighted by molar-refractivity contribution is 6.11. The van der Waals surface area contributed by atoms with Gasteiger partial charge in [0.2, 0.25) is 53.2 Å². The molecule has 0 aromatic heterocycles. The van der Waals surface area contributed by atoms with E-state index in [2.05, 4.69) is 31.9 Å². The Morgan fingerprint density at radius 2 is 1.35 bits per heavy atom. The molecule has 0 bridgehead atoms. The number of hydrogen-bond donors (Lipinski definition) is 13. The maximum absolute atomic E-state index is 14.2. The number of fused-ring (bicyclic) bond motifs is 1. The number of aliphatic hydroxyl groups excluding tert-OH is 5. The van der Waals surface area contributed by atoms with Crippen molar-refractivity contribution in [3.63, 3.8) is 0 Å². The maximum atomic E-state index is 14.2. The van der Waals surface area contributed by atoms with Crippen molar-refractivity contribution in [2.24, 2.45) is 11.1 Å². The number of carbonyl (C=O) groups is 11. The number of nitrogens with zero attached hydrogens (tertiary/aromatic N) is 2. The topological polar surface area (TPSA) is 423 Å². The summed E-state index contributed by atoms with van der Waals surface area (Å²) in [5, 5.41) is 76.0. The molecule has 0 radical (unpaired) electrons. The van der Waals surface area contributed by atoms with E-state index in [0.717, 1.165) is 38.5 Å². The summed E-state index contributed by atoms with van der Waals surface area (Å²) in [7, 11) is 0. The SMILES string of the molecule is CC(=O)N1C[C@H](O)C[C@H]1C(=O)N[C@@H](CO)C(=O)N[C@@H](CO)C(=O)N[C@H](C(=O)N[C@@H](CCC(N)=O)C(=O)N[C@@H](CO)C(=O)N[C@@H](CO)C(=O)N1CCC[C@H]1C(=O)OCCCC1=C(C)C=C2C(=O)[C@](C)(O)C3(CC3)C(C)=C21)C1=CCCCC1. The summed E-state index contributed by atoms with van der Waals surface area (Å²) in [6, 6.07) is -12.5. The van der Waals surface area contributed by atoms with Gasteiger partial charge in [0.1, 0.15) is 53.9 Å². The van der Waals surface area contributed by atoms with Gasteiger partial charge in [0.15, 0.2) is 5.78 Å². The predicted octanol–water partition coefficient (Wildman–Crippen LogP) is -4.39. The van der Waals surface area contributed by atoms with Crippen molar-refractivity contribution < 1.29 is 88.1 Å². The number of amides is 9. The minimum Gasteiger partial charge on any atom is -0.464 e. The Labute approximate surface area is 467 Å². The van der Waals surface area contributed by atoms with E-state index >= 15 is 0 Å². The van der Waals surface area contributed by atoms with Crippen LogP contribution in [0.1, 0.15) is 111 Å². The largest absolute Gasteiger partial charge is 0.464 e. The van der Waals surface area contributed by atoms with Gasteiger partial charge in [-0.3, -0.25) is 47.9 Å². The Morgan fingerprint density at radius 1 is 0.765 bits per heavy atom. The number of ketones is 1. The molecule has 3 fully saturated rings. The number of primary amides is 1. The molecular formula is C54H77N9O18. The maximum Gasteiger partial charge on any atom is 0.328 e. The van der Waals surface area contributed by atoms with Gasteiger partial charge in [-0.1, -0.05) is 11.6 Å². The zero-order valence-electron chi connectivity index (χ0n) is 46.0. The van der Waals surface area contributed by atoms with Gasteiger partial charge >= 0.3 is 5.97 Å². The minimum atomic E-state index is -1.83. The van der Waals surface area contributed by atoms with E-state index < -0.39 is 164 Å². The van der Waals surface area contributed by atoms with E-state index in [1.165, 1.54) is 6.92 Å². The summed E-state index contributed by atoms with van der Waals surface area (Å²) in [5.74, 6) is -9.81. The number of β-amino-alcohol motifs (C(OH)–C–C–N with tert-alkyl or cyclic N) is 1. The van der Waals surface area contributed by atoms with Crippen LogP contribution < -0.4 is 37.6 Å². The van der Waals surface area contributed by atoms with Crippen LogP contribution in [0.2, 0.25) is 0 Å². The molecule has 14 N–H and O–H groups in total. The molecule has 10 atom stereocenters. The van der Waals surface area contributed by atoms with Crippen molar-refractivity contribution in [1.82, 2.24) is 41.7 Å². The van der Waals surface area contributed by atoms with Gasteiger partial charge < -0.3 is 82.8 Å². The average Bonchev–Trinajstić information content (AvgIpc) is 3.94. The molecule has 27 nitrogen and oxygen atoms in total. The van der Waals surface area contributed by atoms with E-state index in [-0.39, 0.29) is 44.7 Å². The zero-order valence-corrected chi connectivity index (χ0v) is 46.0. The Hall–Kier alpha value is -6.91. The van der Waals surface area contributed by atoms with Gasteiger partial charge in [-0.05, 0) is 120 Å². The van der Waals surface area contributed by atoms with Crippen molar-refractivity contribution in [3.05, 3.63) is 45.6 Å². The molecule has 0 unspecified atom stereocenters. The number of likely N-dealkylation sites (tertiary alicyclic amines) is 2. The second kappa shape index (κ2) is 27.2. The summed E-state index contributed by atoms with van der Waals surface area (Å²) in [6.45, 7) is 2.38. The van der Waals surface area contributed by atoms with E-state index in [4.69, 9.17) is 10.5 Å². The number of rotatable bonds is 26. The lowest BCUT2D eigenvalue weighted by Crippen LogP contribution is -2.61. The third kappa shape index (κ3) is 14.2. The quantitative estimate of drug-likeness (QED) is 0.0221. The summed E-state index contributed by atoms with van der Waals surface area (Å²) in [5.41, 5.74) is 7.75. The van der Waals surface area contributed by atoms with Crippen molar-refractivity contribution in [3.8, 4) is 0 Å². The number of carbonyl (C=O) groups excluding carboxylic acids is 11.